The summed E-state index contributed by atoms with van der Waals surface area (Å²) >= 11 is 0. The summed E-state index contributed by atoms with van der Waals surface area (Å²) in [6.07, 6.45) is 6.81. The van der Waals surface area contributed by atoms with E-state index >= 15 is 0 Å². The molecule has 1 aliphatic carbocycles. The molecule has 0 N–H and O–H groups in total. The van der Waals surface area contributed by atoms with E-state index < -0.39 is 0 Å². The molecular formula is C32H38N2O2. The number of carbonyl (C=O) groups is 2. The van der Waals surface area contributed by atoms with Gasteiger partial charge in [0, 0.05) is 31.2 Å². The fourth-order valence-electron chi connectivity index (χ4n) is 4.95. The Balaban J connectivity index is 0.00000176. The van der Waals surface area contributed by atoms with Gasteiger partial charge in [0.15, 0.2) is 6.29 Å². The Kier molecular flexibility index (Phi) is 10.2. The van der Waals surface area contributed by atoms with Crippen molar-refractivity contribution in [3.8, 4) is 0 Å². The molecule has 0 saturated heterocycles. The van der Waals surface area contributed by atoms with E-state index in [1.54, 1.807) is 18.2 Å². The summed E-state index contributed by atoms with van der Waals surface area (Å²) < 4.78 is 0. The van der Waals surface area contributed by atoms with E-state index in [-0.39, 0.29) is 24.0 Å². The number of rotatable bonds is 8. The van der Waals surface area contributed by atoms with Crippen molar-refractivity contribution in [2.24, 2.45) is 0 Å². The molecule has 0 spiro atoms. The predicted molar refractivity (Wildman–Crippen MR) is 148 cm³/mol. The van der Waals surface area contributed by atoms with Gasteiger partial charge in [-0.25, -0.2) is 0 Å². The number of nitrogens with zero attached hydrogens (tertiary/aromatic N) is 2. The van der Waals surface area contributed by atoms with Crippen molar-refractivity contribution in [3.05, 3.63) is 119 Å². The zero-order valence-electron chi connectivity index (χ0n) is 21.9. The Bertz CT molecular complexity index is 1130. The first-order valence-corrected chi connectivity index (χ1v) is 12.9. The van der Waals surface area contributed by atoms with Crippen LogP contribution >= 0.6 is 0 Å². The molecule has 3 aromatic rings. The summed E-state index contributed by atoms with van der Waals surface area (Å²) in [7, 11) is 1.87. The van der Waals surface area contributed by atoms with Crippen molar-refractivity contribution >= 4 is 12.2 Å². The minimum Gasteiger partial charge on any atom is -0.337 e. The molecule has 0 saturated carbocycles. The summed E-state index contributed by atoms with van der Waals surface area (Å²) in [6.45, 7) is 7.04. The Hall–Kier alpha value is -3.50. The monoisotopic (exact) mass is 482 g/mol. The highest BCUT2D eigenvalue weighted by molar-refractivity contribution is 6.01. The van der Waals surface area contributed by atoms with Gasteiger partial charge in [-0.15, -0.1) is 0 Å². The second-order valence-corrected chi connectivity index (χ2v) is 8.94. The van der Waals surface area contributed by atoms with Crippen LogP contribution in [0, 0.1) is 0 Å². The van der Waals surface area contributed by atoms with Gasteiger partial charge in [0.1, 0.15) is 0 Å². The van der Waals surface area contributed by atoms with Gasteiger partial charge >= 0.3 is 0 Å². The van der Waals surface area contributed by atoms with Gasteiger partial charge in [0.2, 0.25) is 0 Å². The van der Waals surface area contributed by atoms with Gasteiger partial charge in [0.05, 0.1) is 11.6 Å². The molecule has 36 heavy (non-hydrogen) atoms. The fourth-order valence-corrected chi connectivity index (χ4v) is 4.95. The molecule has 2 unspecified atom stereocenters. The van der Waals surface area contributed by atoms with E-state index in [0.29, 0.717) is 11.1 Å². The van der Waals surface area contributed by atoms with E-state index in [1.165, 1.54) is 11.1 Å². The highest BCUT2D eigenvalue weighted by atomic mass is 16.2. The lowest BCUT2D eigenvalue weighted by molar-refractivity contribution is 0.0422. The third-order valence-electron chi connectivity index (χ3n) is 6.92. The largest absolute Gasteiger partial charge is 0.337 e. The molecular weight excluding hydrogens is 444 g/mol. The van der Waals surface area contributed by atoms with Crippen LogP contribution in [-0.2, 0) is 6.54 Å². The van der Waals surface area contributed by atoms with E-state index in [0.717, 1.165) is 25.7 Å². The summed E-state index contributed by atoms with van der Waals surface area (Å²) in [6, 6.07) is 28.4. The molecule has 1 aliphatic rings. The van der Waals surface area contributed by atoms with Gasteiger partial charge in [-0.05, 0) is 37.0 Å². The maximum absolute atomic E-state index is 13.5. The number of benzene rings is 3. The lowest BCUT2D eigenvalue weighted by Gasteiger charge is -2.45. The average molecular weight is 483 g/mol. The number of hydrogen-bond donors (Lipinski definition) is 0. The van der Waals surface area contributed by atoms with Crippen LogP contribution < -0.4 is 0 Å². The van der Waals surface area contributed by atoms with Crippen LogP contribution in [0.5, 0.6) is 0 Å². The molecule has 4 nitrogen and oxygen atoms in total. The van der Waals surface area contributed by atoms with Crippen LogP contribution in [0.3, 0.4) is 0 Å². The van der Waals surface area contributed by atoms with Crippen LogP contribution in [0.25, 0.3) is 0 Å². The number of aldehydes is 1. The van der Waals surface area contributed by atoms with Crippen molar-refractivity contribution in [1.29, 1.82) is 0 Å². The first-order chi connectivity index (χ1) is 17.6. The topological polar surface area (TPSA) is 40.6 Å². The Morgan fingerprint density at radius 3 is 2.06 bits per heavy atom. The van der Waals surface area contributed by atoms with Crippen LogP contribution in [-0.4, -0.2) is 41.1 Å². The summed E-state index contributed by atoms with van der Waals surface area (Å²) in [5.74, 6) is -0.111. The SMILES string of the molecule is CC.C[C@H](c1ccccc1)N(Cc1ccccc1)C1CC=CCC1N(C)C(=O)c1ccccc1C=O. The predicted octanol–water partition coefficient (Wildman–Crippen LogP) is 6.95. The van der Waals surface area contributed by atoms with Crippen molar-refractivity contribution in [1.82, 2.24) is 9.80 Å². The highest BCUT2D eigenvalue weighted by Gasteiger charge is 2.36. The van der Waals surface area contributed by atoms with Crippen molar-refractivity contribution in [2.75, 3.05) is 7.05 Å². The van der Waals surface area contributed by atoms with E-state index in [4.69, 9.17) is 0 Å². The molecule has 1 amide bonds. The number of amides is 1. The Morgan fingerprint density at radius 2 is 1.42 bits per heavy atom. The van der Waals surface area contributed by atoms with Gasteiger partial charge in [0.25, 0.3) is 5.91 Å². The zero-order chi connectivity index (χ0) is 25.9. The number of hydrogen-bond acceptors (Lipinski definition) is 3. The van der Waals surface area contributed by atoms with Crippen LogP contribution in [0.1, 0.15) is 71.5 Å². The second kappa shape index (κ2) is 13.6. The Morgan fingerprint density at radius 1 is 0.861 bits per heavy atom. The molecule has 0 bridgehead atoms. The van der Waals surface area contributed by atoms with E-state index in [9.17, 15) is 9.59 Å². The first-order valence-electron chi connectivity index (χ1n) is 12.9. The molecule has 0 heterocycles. The summed E-state index contributed by atoms with van der Waals surface area (Å²) in [5, 5.41) is 0. The molecule has 188 valence electrons. The van der Waals surface area contributed by atoms with Gasteiger partial charge in [-0.1, -0.05) is 105 Å². The lowest BCUT2D eigenvalue weighted by atomic mass is 9.90. The average Bonchev–Trinajstić information content (AvgIpc) is 2.97. The lowest BCUT2D eigenvalue weighted by Crippen LogP contribution is -2.53. The molecule has 3 aromatic carbocycles. The minimum absolute atomic E-state index is 0.00733. The molecule has 0 aromatic heterocycles. The van der Waals surface area contributed by atoms with Crippen molar-refractivity contribution in [2.45, 2.75) is 58.3 Å². The van der Waals surface area contributed by atoms with Gasteiger partial charge in [-0.3, -0.25) is 14.5 Å². The minimum atomic E-state index is -0.111. The molecule has 3 atom stereocenters. The molecule has 0 aliphatic heterocycles. The molecule has 4 heteroatoms. The number of carbonyl (C=O) groups excluding carboxylic acids is 2. The van der Waals surface area contributed by atoms with E-state index in [1.807, 2.05) is 44.0 Å². The smallest absolute Gasteiger partial charge is 0.254 e. The van der Waals surface area contributed by atoms with Crippen molar-refractivity contribution in [3.63, 3.8) is 0 Å². The molecule has 4 rings (SSSR count). The third kappa shape index (κ3) is 6.38. The van der Waals surface area contributed by atoms with Crippen LogP contribution in [0.15, 0.2) is 97.1 Å². The summed E-state index contributed by atoms with van der Waals surface area (Å²) in [5.41, 5.74) is 3.39. The van der Waals surface area contributed by atoms with Gasteiger partial charge in [-0.2, -0.15) is 0 Å². The maximum Gasteiger partial charge on any atom is 0.254 e. The van der Waals surface area contributed by atoms with Crippen LogP contribution in [0.4, 0.5) is 0 Å². The van der Waals surface area contributed by atoms with Crippen molar-refractivity contribution < 1.29 is 9.59 Å². The quantitative estimate of drug-likeness (QED) is 0.258. The standard InChI is InChI=1S/C30H32N2O2.C2H6/c1-23(25-15-7-4-8-16-25)32(21-24-13-5-3-6-14-24)29-20-12-11-19-28(29)31(2)30(34)27-18-10-9-17-26(27)22-33;1-2/h3-18,22-23,28-29H,19-21H2,1-2H3;1-2H3/t23-,28?,29?;/m1./s1. The van der Waals surface area contributed by atoms with Crippen LogP contribution in [0.2, 0.25) is 0 Å². The molecule has 0 radical (unpaired) electrons. The first kappa shape index (κ1) is 27.1. The highest BCUT2D eigenvalue weighted by Crippen LogP contribution is 2.32. The zero-order valence-corrected chi connectivity index (χ0v) is 21.9. The normalized spacial score (nSPS) is 17.6. The molecule has 0 fully saturated rings. The number of likely N-dealkylation sites (N-methyl/N-ethyl adjacent to an activating group) is 1. The van der Waals surface area contributed by atoms with Gasteiger partial charge < -0.3 is 4.90 Å². The fraction of sp³-hybridized carbons (Fsp3) is 0.312. The summed E-state index contributed by atoms with van der Waals surface area (Å²) in [4.78, 5) is 29.4. The maximum atomic E-state index is 13.5. The van der Waals surface area contributed by atoms with E-state index in [2.05, 4.69) is 72.5 Å². The third-order valence-corrected chi connectivity index (χ3v) is 6.92. The Labute approximate surface area is 216 Å². The second-order valence-electron chi connectivity index (χ2n) is 8.94.